The van der Waals surface area contributed by atoms with E-state index in [-0.39, 0.29) is 12.1 Å². The topological polar surface area (TPSA) is 93.3 Å². The fraction of sp³-hybridized carbons (Fsp3) is 0.200. The molecule has 0 aliphatic rings. The van der Waals surface area contributed by atoms with Crippen LogP contribution in [0.2, 0.25) is 0 Å². The molecule has 1 atom stereocenters. The molecule has 1 aromatic rings. The fourth-order valence-corrected chi connectivity index (χ4v) is 1.57. The van der Waals surface area contributed by atoms with Crippen molar-refractivity contribution in [2.45, 2.75) is 18.7 Å². The number of carbonyl (C=O) groups excluding carboxylic acids is 1. The number of alkyl halides is 3. The molecule has 122 valence electrons. The summed E-state index contributed by atoms with van der Waals surface area (Å²) in [5.74, 6) is -1.65. The van der Waals surface area contributed by atoms with Crippen LogP contribution < -0.4 is 5.32 Å². The Bertz CT molecular complexity index is 658. The molecule has 0 heterocycles. The Balaban J connectivity index is 2.91. The summed E-state index contributed by atoms with van der Waals surface area (Å²) in [6, 6.07) is 5.06. The Morgan fingerprint density at radius 1 is 1.39 bits per heavy atom. The summed E-state index contributed by atoms with van der Waals surface area (Å²) in [5, 5.41) is 30.0. The number of nitriles is 1. The van der Waals surface area contributed by atoms with Gasteiger partial charge < -0.3 is 15.5 Å². The predicted molar refractivity (Wildman–Crippen MR) is 76.2 cm³/mol. The Morgan fingerprint density at radius 2 is 1.96 bits per heavy atom. The highest BCUT2D eigenvalue weighted by atomic mass is 19.4. The van der Waals surface area contributed by atoms with Gasteiger partial charge in [-0.1, -0.05) is 6.08 Å². The van der Waals surface area contributed by atoms with Crippen LogP contribution in [0.15, 0.2) is 48.3 Å². The van der Waals surface area contributed by atoms with Gasteiger partial charge in [-0.2, -0.15) is 18.4 Å². The van der Waals surface area contributed by atoms with E-state index in [9.17, 15) is 28.2 Å². The lowest BCUT2D eigenvalue weighted by Crippen LogP contribution is -2.17. The Hall–Kier alpha value is -2.79. The molecule has 0 saturated heterocycles. The lowest BCUT2D eigenvalue weighted by Gasteiger charge is -2.10. The largest absolute Gasteiger partial charge is 0.511 e. The average molecular weight is 326 g/mol. The van der Waals surface area contributed by atoms with Crippen molar-refractivity contribution < 1.29 is 28.2 Å². The molecule has 8 heteroatoms. The summed E-state index contributed by atoms with van der Waals surface area (Å²) in [7, 11) is 0. The summed E-state index contributed by atoms with van der Waals surface area (Å²) in [5.41, 5.74) is -1.51. The number of nitrogens with zero attached hydrogens (tertiary/aromatic N) is 1. The van der Waals surface area contributed by atoms with E-state index in [1.165, 1.54) is 6.07 Å². The summed E-state index contributed by atoms with van der Waals surface area (Å²) >= 11 is 0. The molecule has 1 amide bonds. The van der Waals surface area contributed by atoms with Crippen LogP contribution >= 0.6 is 0 Å². The number of halogens is 3. The normalized spacial score (nSPS) is 13.5. The number of anilines is 1. The Morgan fingerprint density at radius 3 is 2.39 bits per heavy atom. The number of aliphatic hydroxyl groups excluding tert-OH is 2. The van der Waals surface area contributed by atoms with Gasteiger partial charge in [-0.05, 0) is 24.3 Å². The maximum Gasteiger partial charge on any atom is 0.416 e. The van der Waals surface area contributed by atoms with Gasteiger partial charge in [0.15, 0.2) is 5.57 Å². The third-order valence-corrected chi connectivity index (χ3v) is 2.77. The number of aliphatic hydroxyl groups is 2. The fourth-order valence-electron chi connectivity index (χ4n) is 1.57. The van der Waals surface area contributed by atoms with Gasteiger partial charge in [0.25, 0.3) is 5.91 Å². The zero-order valence-electron chi connectivity index (χ0n) is 11.8. The molecular weight excluding hydrogens is 313 g/mol. The van der Waals surface area contributed by atoms with Crippen LogP contribution in [0, 0.1) is 11.3 Å². The SMILES string of the molecule is C=CC(O)C/C(O)=C(\C#N)C(=O)Nc1ccc(C(F)(F)F)cc1. The highest BCUT2D eigenvalue weighted by Gasteiger charge is 2.30. The van der Waals surface area contributed by atoms with Crippen LogP contribution in [-0.4, -0.2) is 22.2 Å². The van der Waals surface area contributed by atoms with Gasteiger partial charge in [0, 0.05) is 12.1 Å². The first-order valence-corrected chi connectivity index (χ1v) is 6.30. The van der Waals surface area contributed by atoms with E-state index in [0.717, 1.165) is 30.3 Å². The van der Waals surface area contributed by atoms with Gasteiger partial charge in [0.2, 0.25) is 0 Å². The highest BCUT2D eigenvalue weighted by Crippen LogP contribution is 2.29. The first kappa shape index (κ1) is 18.3. The van der Waals surface area contributed by atoms with Crippen LogP contribution in [0.3, 0.4) is 0 Å². The Kier molecular flexibility index (Phi) is 5.93. The van der Waals surface area contributed by atoms with Gasteiger partial charge in [0.1, 0.15) is 11.8 Å². The second-order valence-electron chi connectivity index (χ2n) is 4.47. The number of benzene rings is 1. The molecule has 5 nitrogen and oxygen atoms in total. The van der Waals surface area contributed by atoms with Crippen molar-refractivity contribution in [3.8, 4) is 6.07 Å². The summed E-state index contributed by atoms with van der Waals surface area (Å²) in [4.78, 5) is 11.9. The standard InChI is InChI=1S/C15H13F3N2O3/c1-2-11(21)7-13(22)12(8-19)14(23)20-10-5-3-9(4-6-10)15(16,17)18/h2-6,11,21-22H,1,7H2,(H,20,23)/b13-12-. The predicted octanol–water partition coefficient (Wildman–Crippen LogP) is 2.92. The first-order chi connectivity index (χ1) is 10.7. The highest BCUT2D eigenvalue weighted by molar-refractivity contribution is 6.06. The maximum atomic E-state index is 12.4. The minimum Gasteiger partial charge on any atom is -0.511 e. The molecule has 1 rings (SSSR count). The number of nitrogens with one attached hydrogen (secondary N) is 1. The van der Waals surface area contributed by atoms with Crippen LogP contribution in [0.5, 0.6) is 0 Å². The first-order valence-electron chi connectivity index (χ1n) is 6.30. The maximum absolute atomic E-state index is 12.4. The molecule has 3 N–H and O–H groups in total. The third kappa shape index (κ3) is 5.16. The molecule has 1 unspecified atom stereocenters. The van der Waals surface area contributed by atoms with E-state index in [4.69, 9.17) is 5.26 Å². The molecule has 0 aromatic heterocycles. The number of hydrogen-bond acceptors (Lipinski definition) is 4. The zero-order valence-corrected chi connectivity index (χ0v) is 11.8. The van der Waals surface area contributed by atoms with Crippen molar-refractivity contribution in [1.29, 1.82) is 5.26 Å². The molecule has 0 saturated carbocycles. The summed E-state index contributed by atoms with van der Waals surface area (Å²) in [6.45, 7) is 3.28. The lowest BCUT2D eigenvalue weighted by atomic mass is 10.1. The molecule has 0 aliphatic heterocycles. The quantitative estimate of drug-likeness (QED) is 0.336. The van der Waals surface area contributed by atoms with Gasteiger partial charge >= 0.3 is 6.18 Å². The van der Waals surface area contributed by atoms with Crippen molar-refractivity contribution >= 4 is 11.6 Å². The second-order valence-corrected chi connectivity index (χ2v) is 4.47. The van der Waals surface area contributed by atoms with Crippen LogP contribution in [0.4, 0.5) is 18.9 Å². The van der Waals surface area contributed by atoms with Crippen LogP contribution in [-0.2, 0) is 11.0 Å². The molecule has 1 aromatic carbocycles. The molecule has 0 aliphatic carbocycles. The third-order valence-electron chi connectivity index (χ3n) is 2.77. The van der Waals surface area contributed by atoms with E-state index in [2.05, 4.69) is 11.9 Å². The molecule has 23 heavy (non-hydrogen) atoms. The van der Waals surface area contributed by atoms with Gasteiger partial charge in [-0.15, -0.1) is 6.58 Å². The average Bonchev–Trinajstić information content (AvgIpc) is 2.47. The van der Waals surface area contributed by atoms with Gasteiger partial charge in [-0.25, -0.2) is 0 Å². The van der Waals surface area contributed by atoms with Crippen molar-refractivity contribution in [3.05, 3.63) is 53.8 Å². The van der Waals surface area contributed by atoms with Gasteiger partial charge in [-0.3, -0.25) is 4.79 Å². The van der Waals surface area contributed by atoms with Crippen molar-refractivity contribution in [2.24, 2.45) is 0 Å². The van der Waals surface area contributed by atoms with E-state index in [1.54, 1.807) is 0 Å². The van der Waals surface area contributed by atoms with Gasteiger partial charge in [0.05, 0.1) is 11.7 Å². The van der Waals surface area contributed by atoms with E-state index in [1.807, 2.05) is 0 Å². The zero-order chi connectivity index (χ0) is 17.6. The van der Waals surface area contributed by atoms with E-state index in [0.29, 0.717) is 0 Å². The monoisotopic (exact) mass is 326 g/mol. The van der Waals surface area contributed by atoms with Crippen molar-refractivity contribution in [2.75, 3.05) is 5.32 Å². The van der Waals surface area contributed by atoms with E-state index < -0.39 is 35.1 Å². The number of carbonyl (C=O) groups is 1. The number of amides is 1. The smallest absolute Gasteiger partial charge is 0.416 e. The lowest BCUT2D eigenvalue weighted by molar-refractivity contribution is -0.137. The molecule has 0 fully saturated rings. The van der Waals surface area contributed by atoms with Crippen molar-refractivity contribution in [3.63, 3.8) is 0 Å². The minimum atomic E-state index is -4.50. The summed E-state index contributed by atoms with van der Waals surface area (Å²) in [6.07, 6.45) is -4.91. The second kappa shape index (κ2) is 7.47. The minimum absolute atomic E-state index is 0.0211. The molecule has 0 radical (unpaired) electrons. The van der Waals surface area contributed by atoms with Crippen molar-refractivity contribution in [1.82, 2.24) is 0 Å². The Labute approximate surface area is 130 Å². The number of rotatable bonds is 5. The molecular formula is C15H13F3N2O3. The van der Waals surface area contributed by atoms with Crippen LogP contribution in [0.25, 0.3) is 0 Å². The molecule has 0 bridgehead atoms. The molecule has 0 spiro atoms. The number of hydrogen-bond donors (Lipinski definition) is 3. The van der Waals surface area contributed by atoms with E-state index >= 15 is 0 Å². The summed E-state index contributed by atoms with van der Waals surface area (Å²) < 4.78 is 37.3. The van der Waals surface area contributed by atoms with Crippen LogP contribution in [0.1, 0.15) is 12.0 Å².